The van der Waals surface area contributed by atoms with Gasteiger partial charge in [0.15, 0.2) is 11.6 Å². The Labute approximate surface area is 109 Å². The van der Waals surface area contributed by atoms with Crippen LogP contribution >= 0.6 is 0 Å². The number of aromatic nitrogens is 1. The van der Waals surface area contributed by atoms with Crippen molar-refractivity contribution in [3.63, 3.8) is 0 Å². The third-order valence-corrected chi connectivity index (χ3v) is 3.34. The SMILES string of the molecule is O=C(c1cccnc1)C1Cc2cc(F)ccc2C1=O. The molecule has 19 heavy (non-hydrogen) atoms. The largest absolute Gasteiger partial charge is 0.293 e. The van der Waals surface area contributed by atoms with Gasteiger partial charge in [0.2, 0.25) is 0 Å². The van der Waals surface area contributed by atoms with Gasteiger partial charge in [0.25, 0.3) is 0 Å². The fourth-order valence-corrected chi connectivity index (χ4v) is 2.39. The molecule has 0 saturated carbocycles. The number of ketones is 2. The average molecular weight is 255 g/mol. The zero-order chi connectivity index (χ0) is 13.4. The molecule has 1 aliphatic carbocycles. The minimum atomic E-state index is -0.749. The van der Waals surface area contributed by atoms with Crippen LogP contribution in [0.2, 0.25) is 0 Å². The Bertz CT molecular complexity index is 667. The third-order valence-electron chi connectivity index (χ3n) is 3.34. The Hall–Kier alpha value is -2.36. The van der Waals surface area contributed by atoms with Crippen LogP contribution in [0.3, 0.4) is 0 Å². The van der Waals surface area contributed by atoms with Crippen molar-refractivity contribution in [1.82, 2.24) is 4.98 Å². The summed E-state index contributed by atoms with van der Waals surface area (Å²) in [6.07, 6.45) is 3.27. The lowest BCUT2D eigenvalue weighted by Gasteiger charge is -2.05. The maximum Gasteiger partial charge on any atom is 0.175 e. The summed E-state index contributed by atoms with van der Waals surface area (Å²) in [5.74, 6) is -1.62. The second-order valence-corrected chi connectivity index (χ2v) is 4.53. The maximum absolute atomic E-state index is 13.1. The van der Waals surface area contributed by atoms with E-state index >= 15 is 0 Å². The lowest BCUT2D eigenvalue weighted by Crippen LogP contribution is -2.20. The van der Waals surface area contributed by atoms with E-state index in [2.05, 4.69) is 4.98 Å². The first-order valence-corrected chi connectivity index (χ1v) is 5.93. The first-order chi connectivity index (χ1) is 9.16. The number of hydrogen-bond acceptors (Lipinski definition) is 3. The van der Waals surface area contributed by atoms with Gasteiger partial charge < -0.3 is 0 Å². The van der Waals surface area contributed by atoms with Crippen molar-refractivity contribution in [3.8, 4) is 0 Å². The number of Topliss-reactive ketones (excluding diaryl/α,β-unsaturated/α-hetero) is 2. The minimum absolute atomic E-state index is 0.233. The van der Waals surface area contributed by atoms with Gasteiger partial charge in [-0.3, -0.25) is 14.6 Å². The normalized spacial score (nSPS) is 17.3. The first-order valence-electron chi connectivity index (χ1n) is 5.93. The molecule has 1 heterocycles. The molecule has 2 aromatic rings. The van der Waals surface area contributed by atoms with Crippen LogP contribution in [0.4, 0.5) is 4.39 Å². The molecular formula is C15H10FNO2. The molecule has 1 aromatic carbocycles. The minimum Gasteiger partial charge on any atom is -0.293 e. The molecule has 0 amide bonds. The van der Waals surface area contributed by atoms with E-state index in [4.69, 9.17) is 0 Å². The molecule has 3 nitrogen and oxygen atoms in total. The summed E-state index contributed by atoms with van der Waals surface area (Å²) in [6, 6.07) is 7.30. The fourth-order valence-electron chi connectivity index (χ4n) is 2.39. The van der Waals surface area contributed by atoms with Gasteiger partial charge in [-0.2, -0.15) is 0 Å². The number of carbonyl (C=O) groups excluding carboxylic acids is 2. The van der Waals surface area contributed by atoms with Crippen molar-refractivity contribution in [2.75, 3.05) is 0 Å². The van der Waals surface area contributed by atoms with E-state index < -0.39 is 5.92 Å². The molecule has 1 aromatic heterocycles. The maximum atomic E-state index is 13.1. The van der Waals surface area contributed by atoms with Crippen molar-refractivity contribution in [2.45, 2.75) is 6.42 Å². The van der Waals surface area contributed by atoms with Gasteiger partial charge in [0.05, 0.1) is 5.92 Å². The summed E-state index contributed by atoms with van der Waals surface area (Å²) in [5, 5.41) is 0. The summed E-state index contributed by atoms with van der Waals surface area (Å²) >= 11 is 0. The average Bonchev–Trinajstić information content (AvgIpc) is 2.75. The van der Waals surface area contributed by atoms with Gasteiger partial charge in [-0.15, -0.1) is 0 Å². The summed E-state index contributed by atoms with van der Waals surface area (Å²) in [5.41, 5.74) is 1.46. The van der Waals surface area contributed by atoms with E-state index in [-0.39, 0.29) is 23.8 Å². The molecule has 1 atom stereocenters. The monoisotopic (exact) mass is 255 g/mol. The van der Waals surface area contributed by atoms with Gasteiger partial charge >= 0.3 is 0 Å². The quantitative estimate of drug-likeness (QED) is 0.611. The Morgan fingerprint density at radius 1 is 1.32 bits per heavy atom. The molecular weight excluding hydrogens is 245 g/mol. The molecule has 1 unspecified atom stereocenters. The Balaban J connectivity index is 1.94. The number of nitrogens with zero attached hydrogens (tertiary/aromatic N) is 1. The van der Waals surface area contributed by atoms with E-state index in [0.29, 0.717) is 16.7 Å². The van der Waals surface area contributed by atoms with Crippen LogP contribution in [0.25, 0.3) is 0 Å². The highest BCUT2D eigenvalue weighted by Gasteiger charge is 2.36. The first kappa shape index (κ1) is 11.7. The van der Waals surface area contributed by atoms with Crippen LogP contribution in [0.5, 0.6) is 0 Å². The van der Waals surface area contributed by atoms with Gasteiger partial charge in [0, 0.05) is 23.5 Å². The van der Waals surface area contributed by atoms with Gasteiger partial charge in [0.1, 0.15) is 5.82 Å². The summed E-state index contributed by atoms with van der Waals surface area (Å²) in [4.78, 5) is 28.3. The van der Waals surface area contributed by atoms with E-state index in [0.717, 1.165) is 0 Å². The molecule has 0 aliphatic heterocycles. The Morgan fingerprint density at radius 2 is 2.16 bits per heavy atom. The lowest BCUT2D eigenvalue weighted by molar-refractivity contribution is 0.0822. The smallest absolute Gasteiger partial charge is 0.175 e. The fraction of sp³-hybridized carbons (Fsp3) is 0.133. The number of halogens is 1. The molecule has 0 radical (unpaired) electrons. The number of pyridine rings is 1. The van der Waals surface area contributed by atoms with Crippen LogP contribution in [-0.2, 0) is 6.42 Å². The molecule has 0 spiro atoms. The highest BCUT2D eigenvalue weighted by molar-refractivity contribution is 6.18. The number of carbonyl (C=O) groups is 2. The van der Waals surface area contributed by atoms with Crippen molar-refractivity contribution >= 4 is 11.6 Å². The van der Waals surface area contributed by atoms with Crippen LogP contribution in [-0.4, -0.2) is 16.6 Å². The molecule has 0 N–H and O–H groups in total. The topological polar surface area (TPSA) is 47.0 Å². The highest BCUT2D eigenvalue weighted by Crippen LogP contribution is 2.29. The van der Waals surface area contributed by atoms with E-state index in [9.17, 15) is 14.0 Å². The molecule has 0 fully saturated rings. The highest BCUT2D eigenvalue weighted by atomic mass is 19.1. The standard InChI is InChI=1S/C15H10FNO2/c16-11-3-4-12-10(6-11)7-13(15(12)19)14(18)9-2-1-5-17-8-9/h1-6,8,13H,7H2. The van der Waals surface area contributed by atoms with Crippen LogP contribution < -0.4 is 0 Å². The Kier molecular flexibility index (Phi) is 2.71. The molecule has 1 aliphatic rings. The molecule has 3 rings (SSSR count). The van der Waals surface area contributed by atoms with Crippen molar-refractivity contribution in [1.29, 1.82) is 0 Å². The lowest BCUT2D eigenvalue weighted by atomic mass is 9.95. The zero-order valence-corrected chi connectivity index (χ0v) is 9.97. The molecule has 94 valence electrons. The number of benzene rings is 1. The van der Waals surface area contributed by atoms with Gasteiger partial charge in [-0.25, -0.2) is 4.39 Å². The summed E-state index contributed by atoms with van der Waals surface area (Å²) in [6.45, 7) is 0. The molecule has 4 heteroatoms. The predicted molar refractivity (Wildman–Crippen MR) is 66.5 cm³/mol. The number of hydrogen-bond donors (Lipinski definition) is 0. The summed E-state index contributed by atoms with van der Waals surface area (Å²) < 4.78 is 13.1. The van der Waals surface area contributed by atoms with Crippen molar-refractivity contribution in [2.24, 2.45) is 5.92 Å². The van der Waals surface area contributed by atoms with Crippen molar-refractivity contribution in [3.05, 3.63) is 65.2 Å². The summed E-state index contributed by atoms with van der Waals surface area (Å²) in [7, 11) is 0. The van der Waals surface area contributed by atoms with E-state index in [1.807, 2.05) is 0 Å². The predicted octanol–water partition coefficient (Wildman–Crippen LogP) is 2.46. The van der Waals surface area contributed by atoms with Crippen molar-refractivity contribution < 1.29 is 14.0 Å². The van der Waals surface area contributed by atoms with Gasteiger partial charge in [-0.05, 0) is 42.3 Å². The van der Waals surface area contributed by atoms with Gasteiger partial charge in [-0.1, -0.05) is 0 Å². The number of fused-ring (bicyclic) bond motifs is 1. The Morgan fingerprint density at radius 3 is 2.89 bits per heavy atom. The second kappa shape index (κ2) is 4.39. The van der Waals surface area contributed by atoms with Crippen LogP contribution in [0, 0.1) is 11.7 Å². The molecule has 0 bridgehead atoms. The van der Waals surface area contributed by atoms with E-state index in [1.54, 1.807) is 18.3 Å². The van der Waals surface area contributed by atoms with E-state index in [1.165, 1.54) is 24.4 Å². The molecule has 0 saturated heterocycles. The van der Waals surface area contributed by atoms with Crippen LogP contribution in [0.15, 0.2) is 42.7 Å². The second-order valence-electron chi connectivity index (χ2n) is 4.53. The number of rotatable bonds is 2. The zero-order valence-electron chi connectivity index (χ0n) is 9.97. The third kappa shape index (κ3) is 1.95. The van der Waals surface area contributed by atoms with Crippen LogP contribution in [0.1, 0.15) is 26.3 Å².